The second-order valence-corrected chi connectivity index (χ2v) is 7.45. The molecule has 1 aliphatic heterocycles. The quantitative estimate of drug-likeness (QED) is 0.805. The normalized spacial score (nSPS) is 32.0. The SMILES string of the molecule is COC1(C(=O)NCC2(N(C)C)CCCC(C)C2)CCNCC1. The second-order valence-electron chi connectivity index (χ2n) is 7.45. The molecular formula is C17H33N3O2. The maximum absolute atomic E-state index is 12.8. The molecule has 1 saturated heterocycles. The number of carbonyl (C=O) groups excluding carboxylic acids is 1. The standard InChI is InChI=1S/C17H33N3O2/c1-14-6-5-7-16(12-14,20(2)3)13-19-15(21)17(22-4)8-10-18-11-9-17/h14,18H,5-13H2,1-4H3,(H,19,21). The number of likely N-dealkylation sites (N-methyl/N-ethyl adjacent to an activating group) is 1. The van der Waals surface area contributed by atoms with E-state index < -0.39 is 5.60 Å². The molecule has 22 heavy (non-hydrogen) atoms. The van der Waals surface area contributed by atoms with Crippen LogP contribution in [0.2, 0.25) is 0 Å². The Morgan fingerprint density at radius 1 is 1.32 bits per heavy atom. The van der Waals surface area contributed by atoms with Crippen molar-refractivity contribution in [3.05, 3.63) is 0 Å². The molecule has 1 aliphatic carbocycles. The monoisotopic (exact) mass is 311 g/mol. The van der Waals surface area contributed by atoms with Gasteiger partial charge in [-0.15, -0.1) is 0 Å². The summed E-state index contributed by atoms with van der Waals surface area (Å²) in [6.45, 7) is 4.73. The fraction of sp³-hybridized carbons (Fsp3) is 0.941. The molecule has 2 atom stereocenters. The van der Waals surface area contributed by atoms with E-state index in [-0.39, 0.29) is 11.4 Å². The zero-order valence-electron chi connectivity index (χ0n) is 14.7. The molecule has 2 fully saturated rings. The van der Waals surface area contributed by atoms with Crippen molar-refractivity contribution in [2.45, 2.75) is 56.6 Å². The molecule has 0 spiro atoms. The fourth-order valence-corrected chi connectivity index (χ4v) is 4.12. The third-order valence-corrected chi connectivity index (χ3v) is 5.81. The Hall–Kier alpha value is -0.650. The number of methoxy groups -OCH3 is 1. The van der Waals surface area contributed by atoms with E-state index in [4.69, 9.17) is 4.74 Å². The Bertz CT molecular complexity index is 380. The van der Waals surface area contributed by atoms with E-state index in [2.05, 4.69) is 36.6 Å². The number of hydrogen-bond acceptors (Lipinski definition) is 4. The van der Waals surface area contributed by atoms with E-state index in [9.17, 15) is 4.79 Å². The van der Waals surface area contributed by atoms with Crippen molar-refractivity contribution in [3.63, 3.8) is 0 Å². The first-order chi connectivity index (χ1) is 10.4. The van der Waals surface area contributed by atoms with Gasteiger partial charge in [-0.1, -0.05) is 19.8 Å². The van der Waals surface area contributed by atoms with Gasteiger partial charge in [0.25, 0.3) is 5.91 Å². The van der Waals surface area contributed by atoms with Crippen molar-refractivity contribution >= 4 is 5.91 Å². The van der Waals surface area contributed by atoms with E-state index in [0.29, 0.717) is 0 Å². The summed E-state index contributed by atoms with van der Waals surface area (Å²) in [5, 5.41) is 6.52. The van der Waals surface area contributed by atoms with Gasteiger partial charge < -0.3 is 20.3 Å². The van der Waals surface area contributed by atoms with Crippen molar-refractivity contribution in [3.8, 4) is 0 Å². The van der Waals surface area contributed by atoms with Crippen LogP contribution in [0.4, 0.5) is 0 Å². The number of carbonyl (C=O) groups is 1. The highest BCUT2D eigenvalue weighted by Gasteiger charge is 2.42. The van der Waals surface area contributed by atoms with Crippen molar-refractivity contribution < 1.29 is 9.53 Å². The largest absolute Gasteiger partial charge is 0.368 e. The van der Waals surface area contributed by atoms with E-state index in [1.165, 1.54) is 12.8 Å². The lowest BCUT2D eigenvalue weighted by Gasteiger charge is -2.46. The minimum absolute atomic E-state index is 0.0657. The summed E-state index contributed by atoms with van der Waals surface area (Å²) in [5.74, 6) is 0.791. The molecule has 0 aromatic heterocycles. The van der Waals surface area contributed by atoms with Gasteiger partial charge in [-0.25, -0.2) is 0 Å². The van der Waals surface area contributed by atoms with Gasteiger partial charge in [0.05, 0.1) is 0 Å². The average molecular weight is 311 g/mol. The third kappa shape index (κ3) is 3.63. The summed E-state index contributed by atoms with van der Waals surface area (Å²) in [7, 11) is 5.94. The molecule has 2 aliphatic rings. The van der Waals surface area contributed by atoms with E-state index in [1.54, 1.807) is 7.11 Å². The molecular weight excluding hydrogens is 278 g/mol. The van der Waals surface area contributed by atoms with Crippen LogP contribution in [0.3, 0.4) is 0 Å². The number of rotatable bonds is 5. The highest BCUT2D eigenvalue weighted by atomic mass is 16.5. The number of amides is 1. The lowest BCUT2D eigenvalue weighted by molar-refractivity contribution is -0.147. The van der Waals surface area contributed by atoms with E-state index in [1.807, 2.05) is 0 Å². The summed E-state index contributed by atoms with van der Waals surface area (Å²) in [6, 6.07) is 0. The van der Waals surface area contributed by atoms with Gasteiger partial charge in [-0.2, -0.15) is 0 Å². The van der Waals surface area contributed by atoms with E-state index >= 15 is 0 Å². The van der Waals surface area contributed by atoms with Crippen LogP contribution in [0, 0.1) is 5.92 Å². The molecule has 2 N–H and O–H groups in total. The maximum atomic E-state index is 12.8. The molecule has 2 rings (SSSR count). The number of hydrogen-bond donors (Lipinski definition) is 2. The summed E-state index contributed by atoms with van der Waals surface area (Å²) in [4.78, 5) is 15.1. The first kappa shape index (κ1) is 17.7. The molecule has 1 saturated carbocycles. The lowest BCUT2D eigenvalue weighted by atomic mass is 9.75. The topological polar surface area (TPSA) is 53.6 Å². The molecule has 0 aromatic carbocycles. The van der Waals surface area contributed by atoms with Crippen molar-refractivity contribution in [1.82, 2.24) is 15.5 Å². The third-order valence-electron chi connectivity index (χ3n) is 5.81. The highest BCUT2D eigenvalue weighted by Crippen LogP contribution is 2.35. The maximum Gasteiger partial charge on any atom is 0.252 e. The molecule has 128 valence electrons. The van der Waals surface area contributed by atoms with Gasteiger partial charge in [-0.3, -0.25) is 4.79 Å². The number of piperidine rings is 1. The van der Waals surface area contributed by atoms with Crippen molar-refractivity contribution in [2.75, 3.05) is 40.8 Å². The second kappa shape index (κ2) is 7.28. The molecule has 2 unspecified atom stereocenters. The zero-order chi connectivity index (χ0) is 16.2. The lowest BCUT2D eigenvalue weighted by Crippen LogP contribution is -2.60. The molecule has 5 heteroatoms. The summed E-state index contributed by atoms with van der Waals surface area (Å²) in [6.07, 6.45) is 6.36. The Balaban J connectivity index is 2.01. The fourth-order valence-electron chi connectivity index (χ4n) is 4.12. The predicted octanol–water partition coefficient (Wildman–Crippen LogP) is 1.38. The minimum Gasteiger partial charge on any atom is -0.368 e. The predicted molar refractivity (Wildman–Crippen MR) is 88.9 cm³/mol. The van der Waals surface area contributed by atoms with Gasteiger partial charge in [-0.05, 0) is 58.8 Å². The molecule has 0 bridgehead atoms. The van der Waals surface area contributed by atoms with Crippen molar-refractivity contribution in [1.29, 1.82) is 0 Å². The smallest absolute Gasteiger partial charge is 0.252 e. The Kier molecular flexibility index (Phi) is 5.86. The average Bonchev–Trinajstić information content (AvgIpc) is 2.53. The first-order valence-electron chi connectivity index (χ1n) is 8.66. The van der Waals surface area contributed by atoms with E-state index in [0.717, 1.165) is 51.2 Å². The Morgan fingerprint density at radius 2 is 2.00 bits per heavy atom. The van der Waals surface area contributed by atoms with Crippen LogP contribution in [0.1, 0.15) is 45.4 Å². The van der Waals surface area contributed by atoms with Crippen LogP contribution in [-0.4, -0.2) is 62.8 Å². The van der Waals surface area contributed by atoms with Crippen LogP contribution in [-0.2, 0) is 9.53 Å². The summed E-state index contributed by atoms with van der Waals surface area (Å²) >= 11 is 0. The first-order valence-corrected chi connectivity index (χ1v) is 8.66. The van der Waals surface area contributed by atoms with Gasteiger partial charge in [0.1, 0.15) is 5.60 Å². The van der Waals surface area contributed by atoms with Crippen LogP contribution < -0.4 is 10.6 Å². The van der Waals surface area contributed by atoms with Gasteiger partial charge in [0.2, 0.25) is 0 Å². The number of nitrogens with one attached hydrogen (secondary N) is 2. The molecule has 0 radical (unpaired) electrons. The van der Waals surface area contributed by atoms with Gasteiger partial charge in [0, 0.05) is 19.2 Å². The van der Waals surface area contributed by atoms with Crippen LogP contribution in [0.5, 0.6) is 0 Å². The molecule has 1 heterocycles. The molecule has 0 aromatic rings. The number of nitrogens with zero attached hydrogens (tertiary/aromatic N) is 1. The van der Waals surface area contributed by atoms with Crippen LogP contribution in [0.15, 0.2) is 0 Å². The van der Waals surface area contributed by atoms with Gasteiger partial charge in [0.15, 0.2) is 0 Å². The molecule has 5 nitrogen and oxygen atoms in total. The summed E-state index contributed by atoms with van der Waals surface area (Å²) in [5.41, 5.74) is -0.547. The zero-order valence-corrected chi connectivity index (χ0v) is 14.7. The number of ether oxygens (including phenoxy) is 1. The molecule has 1 amide bonds. The minimum atomic E-state index is -0.640. The summed E-state index contributed by atoms with van der Waals surface area (Å²) < 4.78 is 5.63. The highest BCUT2D eigenvalue weighted by molar-refractivity contribution is 5.85. The Labute approximate surface area is 135 Å². The Morgan fingerprint density at radius 3 is 2.55 bits per heavy atom. The van der Waals surface area contributed by atoms with Crippen molar-refractivity contribution in [2.24, 2.45) is 5.92 Å². The van der Waals surface area contributed by atoms with Crippen LogP contribution >= 0.6 is 0 Å². The van der Waals surface area contributed by atoms with Gasteiger partial charge >= 0.3 is 0 Å². The van der Waals surface area contributed by atoms with Crippen LogP contribution in [0.25, 0.3) is 0 Å².